The van der Waals surface area contributed by atoms with Crippen molar-refractivity contribution in [2.45, 2.75) is 32.5 Å². The number of carbonyl (C=O) groups is 1. The first-order valence-electron chi connectivity index (χ1n) is 15.1. The highest BCUT2D eigenvalue weighted by molar-refractivity contribution is 6.08. The molecule has 5 rings (SSSR count). The zero-order valence-corrected chi connectivity index (χ0v) is 26.9. The number of H-pyrrole nitrogens is 1. The molecule has 254 valence electrons. The Kier molecular flexibility index (Phi) is 10.4. The summed E-state index contributed by atoms with van der Waals surface area (Å²) >= 11 is 0. The topological polar surface area (TPSA) is 185 Å². The number of halogens is 3. The number of nitrogens with two attached hydrogens (primary N) is 2. The number of benzene rings is 1. The Bertz CT molecular complexity index is 1840. The average molecular weight is 669 g/mol. The number of amides is 1. The molecular weight excluding hydrogens is 631 g/mol. The largest absolute Gasteiger partial charge is 0.494 e. The van der Waals surface area contributed by atoms with Crippen LogP contribution in [-0.4, -0.2) is 94.2 Å². The molecule has 1 aliphatic rings. The lowest BCUT2D eigenvalue weighted by Gasteiger charge is -2.17. The van der Waals surface area contributed by atoms with E-state index in [4.69, 9.17) is 15.2 Å². The predicted octanol–water partition coefficient (Wildman–Crippen LogP) is 2.88. The number of aromatic nitrogens is 5. The van der Waals surface area contributed by atoms with Gasteiger partial charge in [0.05, 0.1) is 31.9 Å². The molecule has 1 fully saturated rings. The number of nitrogens with zero attached hydrogens (tertiary/aromatic N) is 6. The van der Waals surface area contributed by atoms with E-state index in [9.17, 15) is 18.0 Å². The summed E-state index contributed by atoms with van der Waals surface area (Å²) in [5.41, 5.74) is 10.4. The lowest BCUT2D eigenvalue weighted by Crippen LogP contribution is -2.76. The number of rotatable bonds is 12. The van der Waals surface area contributed by atoms with Crippen LogP contribution in [-0.2, 0) is 4.79 Å². The number of anilines is 2. The van der Waals surface area contributed by atoms with Crippen LogP contribution in [0.4, 0.5) is 30.8 Å². The van der Waals surface area contributed by atoms with Gasteiger partial charge in [0.15, 0.2) is 0 Å². The number of hydrogen-bond acceptors (Lipinski definition) is 10. The fraction of sp³-hybridized carbons (Fsp3) is 0.355. The van der Waals surface area contributed by atoms with E-state index in [1.54, 1.807) is 18.3 Å². The van der Waals surface area contributed by atoms with Gasteiger partial charge in [-0.25, -0.2) is 15.0 Å². The third-order valence-electron chi connectivity index (χ3n) is 7.54. The quantitative estimate of drug-likeness (QED) is 0.111. The van der Waals surface area contributed by atoms with Crippen LogP contribution in [0.3, 0.4) is 0 Å². The summed E-state index contributed by atoms with van der Waals surface area (Å²) in [7, 11) is 3.43. The van der Waals surface area contributed by atoms with Gasteiger partial charge in [0, 0.05) is 61.7 Å². The highest BCUT2D eigenvalue weighted by Gasteiger charge is 2.28. The minimum atomic E-state index is -4.40. The number of ether oxygens (including phenoxy) is 2. The summed E-state index contributed by atoms with van der Waals surface area (Å²) in [6, 6.07) is 5.14. The number of allylic oxidation sites excluding steroid dienone is 1. The van der Waals surface area contributed by atoms with Crippen molar-refractivity contribution in [3.05, 3.63) is 54.1 Å². The second-order valence-corrected chi connectivity index (χ2v) is 11.2. The molecule has 17 heteroatoms. The molecule has 4 aromatic rings. The first-order chi connectivity index (χ1) is 22.9. The smallest absolute Gasteiger partial charge is 0.405 e. The highest BCUT2D eigenvalue weighted by atomic mass is 19.4. The number of hydrogen-bond donors (Lipinski definition) is 5. The molecule has 1 amide bonds. The van der Waals surface area contributed by atoms with Gasteiger partial charge in [-0.05, 0) is 31.0 Å². The Morgan fingerprint density at radius 3 is 2.83 bits per heavy atom. The van der Waals surface area contributed by atoms with Crippen LogP contribution < -0.4 is 31.2 Å². The Balaban J connectivity index is 1.28. The van der Waals surface area contributed by atoms with E-state index in [0.29, 0.717) is 42.2 Å². The monoisotopic (exact) mass is 668 g/mol. The molecule has 0 bridgehead atoms. The van der Waals surface area contributed by atoms with E-state index >= 15 is 0 Å². The number of methoxy groups -OCH3 is 1. The first kappa shape index (κ1) is 34.1. The zero-order valence-electron chi connectivity index (χ0n) is 26.9. The molecule has 7 N–H and O–H groups in total. The van der Waals surface area contributed by atoms with E-state index < -0.39 is 12.7 Å². The van der Waals surface area contributed by atoms with E-state index in [-0.39, 0.29) is 42.2 Å². The number of amidine groups is 1. The Morgan fingerprint density at radius 2 is 2.08 bits per heavy atom. The van der Waals surface area contributed by atoms with Crippen molar-refractivity contribution in [2.75, 3.05) is 51.0 Å². The standard InChI is InChI=1S/C31H36F3N11O3/c1-17-12-39-30(41-23(35)11-18(2)36-3)44-26(17)21-13-38-27-20(21)5-6-22(47-4)28(27)42-24(46)15-45-10-8-19(14-45)48-25-7-9-37-29(43-25)40-16-31(32,33)34/h5-7,9,11-13,19,36,38H,8,10,14-16H2,1-4H3,(H,42,46)(H,37,40,43)(H2,35,39,41,44)/p+1/b18-11-/t19-/m0/s1. The Labute approximate surface area is 274 Å². The summed E-state index contributed by atoms with van der Waals surface area (Å²) < 4.78 is 49.1. The molecular formula is C31H37F3N11O3+. The molecule has 48 heavy (non-hydrogen) atoms. The maximum Gasteiger partial charge on any atom is 0.405 e. The Morgan fingerprint density at radius 1 is 1.27 bits per heavy atom. The number of carbonyl (C=O) groups excluding carboxylic acids is 1. The van der Waals surface area contributed by atoms with Crippen molar-refractivity contribution < 1.29 is 32.8 Å². The van der Waals surface area contributed by atoms with Gasteiger partial charge < -0.3 is 36.1 Å². The number of alkyl halides is 3. The zero-order chi connectivity index (χ0) is 34.4. The van der Waals surface area contributed by atoms with Crippen molar-refractivity contribution >= 4 is 40.2 Å². The average Bonchev–Trinajstić information content (AvgIpc) is 3.67. The SMILES string of the molecule is C[NH2+]/C(C)=C\C(N)=N/c1ncc(C)c(-c2c[nH]c3c(NC(=O)CN4CC[C@H](Oc5ccnc(NCC(F)(F)F)n5)C4)c(OC)ccc23)n1. The lowest BCUT2D eigenvalue weighted by atomic mass is 10.1. The van der Waals surface area contributed by atoms with Gasteiger partial charge in [0.2, 0.25) is 17.7 Å². The molecule has 4 heterocycles. The van der Waals surface area contributed by atoms with Crippen LogP contribution >= 0.6 is 0 Å². The van der Waals surface area contributed by atoms with Crippen LogP contribution in [0.25, 0.3) is 22.2 Å². The van der Waals surface area contributed by atoms with Gasteiger partial charge in [-0.1, -0.05) is 0 Å². The molecule has 3 aromatic heterocycles. The maximum absolute atomic E-state index is 13.3. The number of nitrogens with one attached hydrogen (secondary N) is 3. The third-order valence-corrected chi connectivity index (χ3v) is 7.54. The summed E-state index contributed by atoms with van der Waals surface area (Å²) in [4.78, 5) is 39.6. The fourth-order valence-corrected chi connectivity index (χ4v) is 5.16. The molecule has 0 radical (unpaired) electrons. The summed E-state index contributed by atoms with van der Waals surface area (Å²) in [6.45, 7) is 3.63. The second-order valence-electron chi connectivity index (χ2n) is 11.2. The summed E-state index contributed by atoms with van der Waals surface area (Å²) in [5, 5.41) is 7.85. The molecule has 14 nitrogen and oxygen atoms in total. The number of likely N-dealkylation sites (tertiary alicyclic amines) is 1. The molecule has 0 aliphatic carbocycles. The number of aromatic amines is 1. The number of aryl methyl sites for hydroxylation is 1. The lowest BCUT2D eigenvalue weighted by molar-refractivity contribution is -0.575. The maximum atomic E-state index is 13.3. The number of fused-ring (bicyclic) bond motifs is 1. The number of aliphatic imine (C=N–C) groups is 1. The van der Waals surface area contributed by atoms with E-state index in [1.165, 1.54) is 19.4 Å². The first-order valence-corrected chi connectivity index (χ1v) is 15.1. The second kappa shape index (κ2) is 14.6. The van der Waals surface area contributed by atoms with Gasteiger partial charge in [-0.15, -0.1) is 0 Å². The van der Waals surface area contributed by atoms with Crippen LogP contribution in [0.5, 0.6) is 11.6 Å². The van der Waals surface area contributed by atoms with Gasteiger partial charge >= 0.3 is 6.18 Å². The van der Waals surface area contributed by atoms with Crippen molar-refractivity contribution in [1.29, 1.82) is 0 Å². The molecule has 0 unspecified atom stereocenters. The minimum absolute atomic E-state index is 0.0760. The molecule has 1 saturated heterocycles. The normalized spacial score (nSPS) is 15.9. The minimum Gasteiger partial charge on any atom is -0.494 e. The van der Waals surface area contributed by atoms with Crippen molar-refractivity contribution in [3.63, 3.8) is 0 Å². The number of quaternary nitrogens is 1. The van der Waals surface area contributed by atoms with Crippen molar-refractivity contribution in [1.82, 2.24) is 29.8 Å². The van der Waals surface area contributed by atoms with Crippen LogP contribution in [0.1, 0.15) is 18.9 Å². The van der Waals surface area contributed by atoms with Gasteiger partial charge in [0.25, 0.3) is 5.95 Å². The van der Waals surface area contributed by atoms with Crippen molar-refractivity contribution in [3.8, 4) is 22.9 Å². The van der Waals surface area contributed by atoms with E-state index in [0.717, 1.165) is 22.2 Å². The summed E-state index contributed by atoms with van der Waals surface area (Å²) in [5.74, 6) is 0.667. The third kappa shape index (κ3) is 8.54. The molecule has 1 atom stereocenters. The van der Waals surface area contributed by atoms with Crippen LogP contribution in [0.15, 0.2) is 53.6 Å². The van der Waals surface area contributed by atoms with Crippen molar-refractivity contribution in [2.24, 2.45) is 10.7 Å². The summed E-state index contributed by atoms with van der Waals surface area (Å²) in [6.07, 6.45) is 2.44. The molecule has 0 saturated carbocycles. The van der Waals surface area contributed by atoms with E-state index in [1.807, 2.05) is 43.4 Å². The molecule has 0 spiro atoms. The van der Waals surface area contributed by atoms with E-state index in [2.05, 4.69) is 40.5 Å². The predicted molar refractivity (Wildman–Crippen MR) is 174 cm³/mol. The highest BCUT2D eigenvalue weighted by Crippen LogP contribution is 2.38. The fourth-order valence-electron chi connectivity index (χ4n) is 5.16. The molecule has 1 aromatic carbocycles. The molecule has 1 aliphatic heterocycles. The van der Waals surface area contributed by atoms with Crippen LogP contribution in [0.2, 0.25) is 0 Å². The van der Waals surface area contributed by atoms with Crippen LogP contribution in [0, 0.1) is 6.92 Å². The Hall–Kier alpha value is -5.29. The van der Waals surface area contributed by atoms with Gasteiger partial charge in [0.1, 0.15) is 35.6 Å². The van der Waals surface area contributed by atoms with Gasteiger partial charge in [-0.3, -0.25) is 9.69 Å². The van der Waals surface area contributed by atoms with Gasteiger partial charge in [-0.2, -0.15) is 23.1 Å².